The van der Waals surface area contributed by atoms with Crippen molar-refractivity contribution in [3.63, 3.8) is 0 Å². The Hall–Kier alpha value is -4.40. The van der Waals surface area contributed by atoms with Gasteiger partial charge in [0.2, 0.25) is 0 Å². The van der Waals surface area contributed by atoms with Crippen molar-refractivity contribution < 1.29 is 28.5 Å². The summed E-state index contributed by atoms with van der Waals surface area (Å²) in [6.45, 7) is 2.13. The summed E-state index contributed by atoms with van der Waals surface area (Å²) in [6, 6.07) is 15.2. The topological polar surface area (TPSA) is 108 Å². The maximum atomic E-state index is 12.2. The van der Waals surface area contributed by atoms with Gasteiger partial charge in [-0.2, -0.15) is 5.10 Å². The summed E-state index contributed by atoms with van der Waals surface area (Å²) >= 11 is 0. The third-order valence-electron chi connectivity index (χ3n) is 4.20. The molecular formula is C24H23N3O6. The van der Waals surface area contributed by atoms with Crippen LogP contribution in [0.5, 0.6) is 23.0 Å². The fraction of sp³-hybridized carbons (Fsp3) is 0.167. The second-order valence-electron chi connectivity index (χ2n) is 6.50. The second-order valence-corrected chi connectivity index (χ2v) is 6.50. The van der Waals surface area contributed by atoms with Gasteiger partial charge in [-0.05, 0) is 55.0 Å². The van der Waals surface area contributed by atoms with Crippen LogP contribution < -0.4 is 24.4 Å². The van der Waals surface area contributed by atoms with Crippen molar-refractivity contribution >= 4 is 18.1 Å². The zero-order chi connectivity index (χ0) is 23.5. The molecular weight excluding hydrogens is 426 g/mol. The molecule has 1 aromatic heterocycles. The third-order valence-corrected chi connectivity index (χ3v) is 4.20. The predicted molar refractivity (Wildman–Crippen MR) is 121 cm³/mol. The van der Waals surface area contributed by atoms with Crippen LogP contribution in [0.2, 0.25) is 0 Å². The quantitative estimate of drug-likeness (QED) is 0.219. The van der Waals surface area contributed by atoms with Crippen LogP contribution in [0.3, 0.4) is 0 Å². The lowest BCUT2D eigenvalue weighted by atomic mass is 10.2. The molecule has 0 unspecified atom stereocenters. The molecule has 9 nitrogen and oxygen atoms in total. The average Bonchev–Trinajstić information content (AvgIpc) is 2.85. The predicted octanol–water partition coefficient (Wildman–Crippen LogP) is 3.24. The van der Waals surface area contributed by atoms with Crippen molar-refractivity contribution in [2.24, 2.45) is 5.10 Å². The maximum Gasteiger partial charge on any atom is 0.345 e. The summed E-state index contributed by atoms with van der Waals surface area (Å²) in [5.74, 6) is 0.618. The first-order valence-corrected chi connectivity index (χ1v) is 10.1. The number of aromatic nitrogens is 1. The highest BCUT2D eigenvalue weighted by molar-refractivity contribution is 5.91. The Morgan fingerprint density at radius 2 is 1.79 bits per heavy atom. The van der Waals surface area contributed by atoms with Gasteiger partial charge in [0.15, 0.2) is 29.6 Å². The molecule has 0 saturated carbocycles. The van der Waals surface area contributed by atoms with E-state index in [1.807, 2.05) is 13.0 Å². The summed E-state index contributed by atoms with van der Waals surface area (Å²) < 4.78 is 21.6. The fourth-order valence-corrected chi connectivity index (χ4v) is 2.69. The monoisotopic (exact) mass is 449 g/mol. The van der Waals surface area contributed by atoms with Crippen LogP contribution in [-0.2, 0) is 4.79 Å². The van der Waals surface area contributed by atoms with E-state index in [2.05, 4.69) is 15.5 Å². The average molecular weight is 449 g/mol. The minimum Gasteiger partial charge on any atom is -0.493 e. The van der Waals surface area contributed by atoms with Crippen LogP contribution in [0, 0.1) is 0 Å². The van der Waals surface area contributed by atoms with Crippen LogP contribution in [0.25, 0.3) is 0 Å². The first-order valence-electron chi connectivity index (χ1n) is 10.1. The summed E-state index contributed by atoms with van der Waals surface area (Å²) in [4.78, 5) is 28.2. The Morgan fingerprint density at radius 1 is 1.00 bits per heavy atom. The lowest BCUT2D eigenvalue weighted by Gasteiger charge is -2.10. The molecule has 0 saturated heterocycles. The number of ether oxygens (including phenoxy) is 4. The van der Waals surface area contributed by atoms with Gasteiger partial charge in [-0.3, -0.25) is 9.78 Å². The summed E-state index contributed by atoms with van der Waals surface area (Å²) in [7, 11) is 1.46. The lowest BCUT2D eigenvalue weighted by molar-refractivity contribution is -0.123. The molecule has 1 amide bonds. The van der Waals surface area contributed by atoms with Crippen molar-refractivity contribution in [3.05, 3.63) is 78.1 Å². The molecule has 0 aliphatic heterocycles. The van der Waals surface area contributed by atoms with Crippen molar-refractivity contribution in [1.29, 1.82) is 0 Å². The molecule has 0 bridgehead atoms. The van der Waals surface area contributed by atoms with Crippen LogP contribution in [-0.4, -0.2) is 43.4 Å². The summed E-state index contributed by atoms with van der Waals surface area (Å²) in [5.41, 5.74) is 3.33. The zero-order valence-corrected chi connectivity index (χ0v) is 18.2. The second kappa shape index (κ2) is 11.8. The number of pyridine rings is 1. The largest absolute Gasteiger partial charge is 0.493 e. The minimum atomic E-state index is -0.555. The molecule has 1 heterocycles. The number of methoxy groups -OCH3 is 1. The van der Waals surface area contributed by atoms with Crippen LogP contribution in [0.1, 0.15) is 22.8 Å². The normalized spacial score (nSPS) is 10.5. The first-order chi connectivity index (χ1) is 16.1. The van der Waals surface area contributed by atoms with Gasteiger partial charge in [0.1, 0.15) is 0 Å². The molecule has 0 atom stereocenters. The van der Waals surface area contributed by atoms with Crippen LogP contribution in [0.4, 0.5) is 0 Å². The van der Waals surface area contributed by atoms with Gasteiger partial charge < -0.3 is 18.9 Å². The highest BCUT2D eigenvalue weighted by atomic mass is 16.6. The first kappa shape index (κ1) is 23.3. The minimum absolute atomic E-state index is 0.228. The third kappa shape index (κ3) is 6.79. The Bertz CT molecular complexity index is 1120. The van der Waals surface area contributed by atoms with Gasteiger partial charge in [-0.1, -0.05) is 12.1 Å². The van der Waals surface area contributed by atoms with E-state index in [0.29, 0.717) is 35.0 Å². The van der Waals surface area contributed by atoms with Gasteiger partial charge >= 0.3 is 5.97 Å². The molecule has 0 aliphatic rings. The SMILES string of the molecule is CCOc1ccccc1OCC(=O)N/N=C/c1ccc(OC(=O)c2cccnc2)c(OC)c1. The molecule has 170 valence electrons. The number of benzene rings is 2. The van der Waals surface area contributed by atoms with Gasteiger partial charge in [0.25, 0.3) is 5.91 Å². The highest BCUT2D eigenvalue weighted by Gasteiger charge is 2.13. The van der Waals surface area contributed by atoms with E-state index in [4.69, 9.17) is 18.9 Å². The number of para-hydroxylation sites is 2. The van der Waals surface area contributed by atoms with E-state index in [0.717, 1.165) is 0 Å². The summed E-state index contributed by atoms with van der Waals surface area (Å²) in [5, 5.41) is 3.92. The molecule has 0 fully saturated rings. The number of hydrazone groups is 1. The van der Waals surface area contributed by atoms with E-state index in [1.165, 1.54) is 19.5 Å². The van der Waals surface area contributed by atoms with E-state index in [1.54, 1.807) is 54.7 Å². The van der Waals surface area contributed by atoms with E-state index < -0.39 is 11.9 Å². The standard InChI is InChI=1S/C24H23N3O6/c1-3-31-19-8-4-5-9-20(19)32-16-23(28)27-26-14-17-10-11-21(22(13-17)30-2)33-24(29)18-7-6-12-25-15-18/h4-15H,3,16H2,1-2H3,(H,27,28)/b26-14+. The zero-order valence-electron chi connectivity index (χ0n) is 18.2. The fourth-order valence-electron chi connectivity index (χ4n) is 2.69. The molecule has 0 radical (unpaired) electrons. The van der Waals surface area contributed by atoms with Gasteiger partial charge in [0.05, 0.1) is 25.5 Å². The van der Waals surface area contributed by atoms with Gasteiger partial charge in [-0.15, -0.1) is 0 Å². The van der Waals surface area contributed by atoms with Crippen LogP contribution in [0.15, 0.2) is 72.1 Å². The Balaban J connectivity index is 1.55. The molecule has 9 heteroatoms. The number of rotatable bonds is 10. The molecule has 0 aliphatic carbocycles. The van der Waals surface area contributed by atoms with Crippen molar-refractivity contribution in [3.8, 4) is 23.0 Å². The molecule has 3 rings (SSSR count). The van der Waals surface area contributed by atoms with E-state index >= 15 is 0 Å². The molecule has 33 heavy (non-hydrogen) atoms. The number of carbonyl (C=O) groups is 2. The number of amides is 1. The van der Waals surface area contributed by atoms with Crippen molar-refractivity contribution in [2.75, 3.05) is 20.3 Å². The number of nitrogens with one attached hydrogen (secondary N) is 1. The Kier molecular flexibility index (Phi) is 8.35. The number of hydrogen-bond donors (Lipinski definition) is 1. The number of hydrogen-bond acceptors (Lipinski definition) is 8. The molecule has 3 aromatic rings. The van der Waals surface area contributed by atoms with Crippen molar-refractivity contribution in [2.45, 2.75) is 6.92 Å². The number of esters is 1. The van der Waals surface area contributed by atoms with E-state index in [-0.39, 0.29) is 12.4 Å². The van der Waals surface area contributed by atoms with E-state index in [9.17, 15) is 9.59 Å². The maximum absolute atomic E-state index is 12.2. The highest BCUT2D eigenvalue weighted by Crippen LogP contribution is 2.28. The Morgan fingerprint density at radius 3 is 2.48 bits per heavy atom. The van der Waals surface area contributed by atoms with Crippen molar-refractivity contribution in [1.82, 2.24) is 10.4 Å². The molecule has 2 aromatic carbocycles. The number of carbonyl (C=O) groups excluding carboxylic acids is 2. The van der Waals surface area contributed by atoms with Gasteiger partial charge in [-0.25, -0.2) is 10.2 Å². The number of nitrogens with zero attached hydrogens (tertiary/aromatic N) is 2. The van der Waals surface area contributed by atoms with Crippen LogP contribution >= 0.6 is 0 Å². The lowest BCUT2D eigenvalue weighted by Crippen LogP contribution is -2.24. The van der Waals surface area contributed by atoms with Gasteiger partial charge in [0, 0.05) is 12.4 Å². The summed E-state index contributed by atoms with van der Waals surface area (Å²) in [6.07, 6.45) is 4.41. The molecule has 0 spiro atoms. The smallest absolute Gasteiger partial charge is 0.345 e. The Labute approximate surface area is 191 Å². The molecule has 1 N–H and O–H groups in total.